The van der Waals surface area contributed by atoms with Crippen molar-refractivity contribution in [1.29, 1.82) is 0 Å². The number of piperidine rings is 1. The van der Waals surface area contributed by atoms with Crippen molar-refractivity contribution in [3.8, 4) is 0 Å². The van der Waals surface area contributed by atoms with E-state index in [1.54, 1.807) is 19.1 Å². The molecule has 0 atom stereocenters. The predicted octanol–water partition coefficient (Wildman–Crippen LogP) is 2.87. The number of aryl methyl sites for hydroxylation is 1. The summed E-state index contributed by atoms with van der Waals surface area (Å²) < 4.78 is 6.08. The Labute approximate surface area is 178 Å². The lowest BCUT2D eigenvalue weighted by Gasteiger charge is -2.34. The number of amides is 3. The Kier molecular flexibility index (Phi) is 7.10. The largest absolute Gasteiger partial charge is 0.388 e. The molecule has 2 fully saturated rings. The van der Waals surface area contributed by atoms with E-state index in [0.717, 1.165) is 24.0 Å². The van der Waals surface area contributed by atoms with Crippen LogP contribution in [0.5, 0.6) is 0 Å². The third-order valence-corrected chi connectivity index (χ3v) is 5.90. The maximum atomic E-state index is 12.2. The Hall–Kier alpha value is -2.45. The van der Waals surface area contributed by atoms with E-state index >= 15 is 0 Å². The number of hydrogen-bond acceptors (Lipinski definition) is 5. The van der Waals surface area contributed by atoms with Crippen LogP contribution in [-0.2, 0) is 16.6 Å². The molecule has 8 nitrogen and oxygen atoms in total. The number of methoxy groups -OCH3 is 1. The molecular weight excluding hydrogens is 382 g/mol. The number of rotatable bonds is 3. The molecule has 3 heterocycles. The number of ether oxygens (including phenoxy) is 1. The second-order valence-corrected chi connectivity index (χ2v) is 8.29. The molecule has 2 saturated heterocycles. The molecule has 0 saturated carbocycles. The molecule has 0 unspecified atom stereocenters. The minimum atomic E-state index is -0.392. The fourth-order valence-electron chi connectivity index (χ4n) is 4.22. The quantitative estimate of drug-likeness (QED) is 0.834. The van der Waals surface area contributed by atoms with E-state index in [0.29, 0.717) is 30.7 Å². The van der Waals surface area contributed by atoms with Crippen LogP contribution in [0.2, 0.25) is 0 Å². The van der Waals surface area contributed by atoms with Gasteiger partial charge in [-0.2, -0.15) is 5.10 Å². The molecule has 1 N–H and O–H groups in total. The van der Waals surface area contributed by atoms with Gasteiger partial charge in [0.1, 0.15) is 0 Å². The van der Waals surface area contributed by atoms with Crippen LogP contribution in [0.3, 0.4) is 0 Å². The fraction of sp³-hybridized carbons (Fsp3) is 0.591. The standard InChI is InChI=1S/C20H27N5O2.C2H6O/c1-13(2)24-9-6-14(7-10-24)15-4-5-16-17(12-15)23(3)22-19(16)25-11-8-18(26)21-20(25)27;1-3-2/h4-5,12-14H,6-11H2,1-3H3,(H,21,26,27);1-2H3. The van der Waals surface area contributed by atoms with E-state index in [4.69, 9.17) is 0 Å². The van der Waals surface area contributed by atoms with Crippen molar-refractivity contribution in [2.75, 3.05) is 38.8 Å². The highest BCUT2D eigenvalue weighted by Gasteiger charge is 2.28. The molecule has 2 aliphatic heterocycles. The second-order valence-electron chi connectivity index (χ2n) is 8.29. The van der Waals surface area contributed by atoms with Crippen LogP contribution in [0.4, 0.5) is 10.6 Å². The van der Waals surface area contributed by atoms with E-state index in [1.165, 1.54) is 18.4 Å². The van der Waals surface area contributed by atoms with Gasteiger partial charge >= 0.3 is 6.03 Å². The molecule has 8 heteroatoms. The molecule has 4 rings (SSSR count). The zero-order valence-electron chi connectivity index (χ0n) is 18.6. The van der Waals surface area contributed by atoms with Crippen molar-refractivity contribution in [1.82, 2.24) is 20.0 Å². The van der Waals surface area contributed by atoms with Gasteiger partial charge in [-0.05, 0) is 63.4 Å². The van der Waals surface area contributed by atoms with Crippen molar-refractivity contribution < 1.29 is 14.3 Å². The van der Waals surface area contributed by atoms with E-state index in [1.807, 2.05) is 11.7 Å². The first-order chi connectivity index (χ1) is 14.3. The zero-order valence-corrected chi connectivity index (χ0v) is 18.6. The first kappa shape index (κ1) is 22.2. The Balaban J connectivity index is 0.000000806. The molecule has 0 bridgehead atoms. The highest BCUT2D eigenvalue weighted by atomic mass is 16.4. The van der Waals surface area contributed by atoms with Gasteiger partial charge in [-0.3, -0.25) is 19.7 Å². The molecule has 2 aliphatic rings. The molecule has 30 heavy (non-hydrogen) atoms. The number of hydrogen-bond donors (Lipinski definition) is 1. The molecule has 1 aromatic carbocycles. The van der Waals surface area contributed by atoms with E-state index in [9.17, 15) is 9.59 Å². The highest BCUT2D eigenvalue weighted by Crippen LogP contribution is 2.33. The van der Waals surface area contributed by atoms with Crippen LogP contribution in [0, 0.1) is 0 Å². The summed E-state index contributed by atoms with van der Waals surface area (Å²) in [5.74, 6) is 0.962. The number of carbonyl (C=O) groups excluding carboxylic acids is 2. The summed E-state index contributed by atoms with van der Waals surface area (Å²) >= 11 is 0. The molecule has 0 radical (unpaired) electrons. The molecule has 0 aliphatic carbocycles. The van der Waals surface area contributed by atoms with Crippen LogP contribution in [0.25, 0.3) is 10.9 Å². The number of aromatic nitrogens is 2. The van der Waals surface area contributed by atoms with E-state index < -0.39 is 6.03 Å². The maximum Gasteiger partial charge on any atom is 0.329 e. The van der Waals surface area contributed by atoms with Gasteiger partial charge < -0.3 is 9.64 Å². The number of urea groups is 1. The smallest absolute Gasteiger partial charge is 0.329 e. The topological polar surface area (TPSA) is 79.7 Å². The Morgan fingerprint density at radius 1 is 1.13 bits per heavy atom. The third kappa shape index (κ3) is 4.65. The van der Waals surface area contributed by atoms with Gasteiger partial charge in [-0.25, -0.2) is 4.79 Å². The maximum absolute atomic E-state index is 12.2. The molecule has 0 spiro atoms. The van der Waals surface area contributed by atoms with E-state index in [2.05, 4.69) is 52.1 Å². The van der Waals surface area contributed by atoms with Crippen molar-refractivity contribution in [3.63, 3.8) is 0 Å². The average Bonchev–Trinajstić information content (AvgIpc) is 3.04. The van der Waals surface area contributed by atoms with Gasteiger partial charge in [-0.15, -0.1) is 0 Å². The fourth-order valence-corrected chi connectivity index (χ4v) is 4.22. The number of carbonyl (C=O) groups is 2. The lowest BCUT2D eigenvalue weighted by Crippen LogP contribution is -2.49. The normalized spacial score (nSPS) is 18.5. The van der Waals surface area contributed by atoms with Gasteiger partial charge in [0.25, 0.3) is 0 Å². The van der Waals surface area contributed by atoms with Gasteiger partial charge in [0, 0.05) is 45.7 Å². The van der Waals surface area contributed by atoms with Crippen LogP contribution in [0.15, 0.2) is 18.2 Å². The van der Waals surface area contributed by atoms with Gasteiger partial charge in [0.05, 0.1) is 5.52 Å². The number of nitrogens with zero attached hydrogens (tertiary/aromatic N) is 4. The Morgan fingerprint density at radius 2 is 1.80 bits per heavy atom. The van der Waals surface area contributed by atoms with Gasteiger partial charge in [-0.1, -0.05) is 6.07 Å². The van der Waals surface area contributed by atoms with Gasteiger partial charge in [0.2, 0.25) is 5.91 Å². The SMILES string of the molecule is CC(C)N1CCC(c2ccc3c(N4CCC(=O)NC4=O)nn(C)c3c2)CC1.COC. The van der Waals surface area contributed by atoms with Crippen molar-refractivity contribution in [2.24, 2.45) is 7.05 Å². The van der Waals surface area contributed by atoms with Gasteiger partial charge in [0.15, 0.2) is 5.82 Å². The molecule has 1 aromatic heterocycles. The number of anilines is 1. The molecule has 2 aromatic rings. The van der Waals surface area contributed by atoms with E-state index in [-0.39, 0.29) is 5.91 Å². The first-order valence-corrected chi connectivity index (χ1v) is 10.6. The van der Waals surface area contributed by atoms with Crippen molar-refractivity contribution in [3.05, 3.63) is 23.8 Å². The molecule has 164 valence electrons. The summed E-state index contributed by atoms with van der Waals surface area (Å²) in [5, 5.41) is 7.89. The molecular formula is C22H33N5O3. The first-order valence-electron chi connectivity index (χ1n) is 10.6. The Bertz CT molecular complexity index is 900. The zero-order chi connectivity index (χ0) is 21.8. The van der Waals surface area contributed by atoms with Crippen LogP contribution < -0.4 is 10.2 Å². The van der Waals surface area contributed by atoms with Crippen LogP contribution in [-0.4, -0.2) is 66.5 Å². The molecule has 3 amide bonds. The average molecular weight is 416 g/mol. The predicted molar refractivity (Wildman–Crippen MR) is 118 cm³/mol. The summed E-state index contributed by atoms with van der Waals surface area (Å²) in [5.41, 5.74) is 2.37. The number of fused-ring (bicyclic) bond motifs is 1. The second kappa shape index (κ2) is 9.57. The van der Waals surface area contributed by atoms with Crippen LogP contribution in [0.1, 0.15) is 44.6 Å². The number of benzene rings is 1. The Morgan fingerprint density at radius 3 is 2.40 bits per heavy atom. The summed E-state index contributed by atoms with van der Waals surface area (Å²) in [7, 11) is 5.16. The van der Waals surface area contributed by atoms with Crippen molar-refractivity contribution >= 4 is 28.7 Å². The lowest BCUT2D eigenvalue weighted by atomic mass is 9.88. The number of likely N-dealkylation sites (tertiary alicyclic amines) is 1. The van der Waals surface area contributed by atoms with Crippen molar-refractivity contribution in [2.45, 2.75) is 45.1 Å². The number of imide groups is 1. The number of nitrogens with one attached hydrogen (secondary N) is 1. The minimum Gasteiger partial charge on any atom is -0.388 e. The third-order valence-electron chi connectivity index (χ3n) is 5.90. The summed E-state index contributed by atoms with van der Waals surface area (Å²) in [6, 6.07) is 6.68. The lowest BCUT2D eigenvalue weighted by molar-refractivity contribution is -0.120. The minimum absolute atomic E-state index is 0.230. The summed E-state index contributed by atoms with van der Waals surface area (Å²) in [4.78, 5) is 27.7. The van der Waals surface area contributed by atoms with Crippen LogP contribution >= 0.6 is 0 Å². The summed E-state index contributed by atoms with van der Waals surface area (Å²) in [6.45, 7) is 7.16. The highest BCUT2D eigenvalue weighted by molar-refractivity contribution is 6.08. The summed E-state index contributed by atoms with van der Waals surface area (Å²) in [6.07, 6.45) is 2.65. The monoisotopic (exact) mass is 415 g/mol.